The molecule has 0 amide bonds. The standard InChI is InChI=1S/C19H34O3/c1-4-5-6-15-7-9-16(10-8-15)17-11-13-19(2,14-12-17)22-18(20)21-3/h15-17H,4-14H2,1-3H3. The van der Waals surface area contributed by atoms with Crippen molar-refractivity contribution >= 4 is 6.16 Å². The zero-order valence-electron chi connectivity index (χ0n) is 14.7. The van der Waals surface area contributed by atoms with E-state index in [2.05, 4.69) is 18.6 Å². The van der Waals surface area contributed by atoms with Crippen molar-refractivity contribution < 1.29 is 14.3 Å². The molecule has 0 aromatic carbocycles. The number of unbranched alkanes of at least 4 members (excludes halogenated alkanes) is 1. The first-order valence-electron chi connectivity index (χ1n) is 9.33. The molecule has 0 saturated heterocycles. The fraction of sp³-hybridized carbons (Fsp3) is 0.947. The number of carbonyl (C=O) groups is 1. The quantitative estimate of drug-likeness (QED) is 0.610. The summed E-state index contributed by atoms with van der Waals surface area (Å²) in [4.78, 5) is 11.3. The predicted octanol–water partition coefficient (Wildman–Crippen LogP) is 5.71. The molecule has 128 valence electrons. The lowest BCUT2D eigenvalue weighted by molar-refractivity contribution is -0.0506. The Morgan fingerprint density at radius 2 is 1.64 bits per heavy atom. The number of hydrogen-bond acceptors (Lipinski definition) is 3. The van der Waals surface area contributed by atoms with Gasteiger partial charge in [0.25, 0.3) is 0 Å². The number of ether oxygens (including phenoxy) is 2. The van der Waals surface area contributed by atoms with Gasteiger partial charge in [-0.05, 0) is 63.2 Å². The third kappa shape index (κ3) is 4.89. The molecule has 3 nitrogen and oxygen atoms in total. The van der Waals surface area contributed by atoms with Crippen molar-refractivity contribution in [1.82, 2.24) is 0 Å². The average molecular weight is 310 g/mol. The maximum atomic E-state index is 11.3. The van der Waals surface area contributed by atoms with Crippen molar-refractivity contribution in [1.29, 1.82) is 0 Å². The monoisotopic (exact) mass is 310 g/mol. The van der Waals surface area contributed by atoms with Gasteiger partial charge in [-0.2, -0.15) is 0 Å². The van der Waals surface area contributed by atoms with Gasteiger partial charge in [0.1, 0.15) is 5.60 Å². The zero-order valence-corrected chi connectivity index (χ0v) is 14.7. The highest BCUT2D eigenvalue weighted by atomic mass is 16.7. The van der Waals surface area contributed by atoms with Crippen molar-refractivity contribution in [3.63, 3.8) is 0 Å². The van der Waals surface area contributed by atoms with E-state index in [4.69, 9.17) is 4.74 Å². The lowest BCUT2D eigenvalue weighted by Crippen LogP contribution is -2.38. The summed E-state index contributed by atoms with van der Waals surface area (Å²) in [5, 5.41) is 0. The summed E-state index contributed by atoms with van der Waals surface area (Å²) in [6.07, 6.45) is 13.8. The zero-order chi connectivity index (χ0) is 16.0. The Labute approximate surface area is 136 Å². The Kier molecular flexibility index (Phi) is 6.58. The largest absolute Gasteiger partial charge is 0.508 e. The van der Waals surface area contributed by atoms with Crippen LogP contribution in [-0.4, -0.2) is 18.9 Å². The fourth-order valence-corrected chi connectivity index (χ4v) is 4.51. The molecule has 0 N–H and O–H groups in total. The maximum absolute atomic E-state index is 11.3. The van der Waals surface area contributed by atoms with Crippen LogP contribution in [0.25, 0.3) is 0 Å². The summed E-state index contributed by atoms with van der Waals surface area (Å²) in [5.74, 6) is 2.76. The topological polar surface area (TPSA) is 35.5 Å². The molecule has 2 aliphatic rings. The summed E-state index contributed by atoms with van der Waals surface area (Å²) >= 11 is 0. The van der Waals surface area contributed by atoms with Crippen molar-refractivity contribution in [2.24, 2.45) is 17.8 Å². The number of rotatable bonds is 5. The number of methoxy groups -OCH3 is 1. The van der Waals surface area contributed by atoms with Crippen LogP contribution in [0.1, 0.15) is 84.5 Å². The van der Waals surface area contributed by atoms with Crippen LogP contribution in [0.4, 0.5) is 4.79 Å². The van der Waals surface area contributed by atoms with E-state index in [1.54, 1.807) is 0 Å². The normalized spacial score (nSPS) is 35.9. The van der Waals surface area contributed by atoms with E-state index >= 15 is 0 Å². The van der Waals surface area contributed by atoms with E-state index in [9.17, 15) is 4.79 Å². The molecule has 2 fully saturated rings. The molecule has 22 heavy (non-hydrogen) atoms. The SMILES string of the molecule is CCCCC1CCC(C2CCC(C)(OC(=O)OC)CC2)CC1. The lowest BCUT2D eigenvalue weighted by atomic mass is 9.68. The molecule has 0 spiro atoms. The highest BCUT2D eigenvalue weighted by molar-refractivity contribution is 5.60. The first-order chi connectivity index (χ1) is 10.6. The van der Waals surface area contributed by atoms with Gasteiger partial charge >= 0.3 is 6.16 Å². The Bertz CT molecular complexity index is 337. The second kappa shape index (κ2) is 8.21. The molecule has 0 heterocycles. The molecular weight excluding hydrogens is 276 g/mol. The molecule has 0 unspecified atom stereocenters. The molecule has 3 heteroatoms. The molecular formula is C19H34O3. The van der Waals surface area contributed by atoms with E-state index in [-0.39, 0.29) is 5.60 Å². The Morgan fingerprint density at radius 1 is 1.05 bits per heavy atom. The van der Waals surface area contributed by atoms with Gasteiger partial charge in [0.15, 0.2) is 0 Å². The van der Waals surface area contributed by atoms with Crippen molar-refractivity contribution in [2.75, 3.05) is 7.11 Å². The van der Waals surface area contributed by atoms with Gasteiger partial charge < -0.3 is 9.47 Å². The molecule has 0 aromatic rings. The third-order valence-corrected chi connectivity index (χ3v) is 6.11. The van der Waals surface area contributed by atoms with E-state index in [0.717, 1.165) is 30.6 Å². The van der Waals surface area contributed by atoms with Crippen LogP contribution < -0.4 is 0 Å². The van der Waals surface area contributed by atoms with E-state index < -0.39 is 6.16 Å². The minimum atomic E-state index is -0.530. The lowest BCUT2D eigenvalue weighted by Gasteiger charge is -2.41. The molecule has 0 atom stereocenters. The molecule has 2 rings (SSSR count). The van der Waals surface area contributed by atoms with Crippen molar-refractivity contribution in [3.8, 4) is 0 Å². The number of hydrogen-bond donors (Lipinski definition) is 0. The van der Waals surface area contributed by atoms with Crippen molar-refractivity contribution in [3.05, 3.63) is 0 Å². The van der Waals surface area contributed by atoms with Crippen molar-refractivity contribution in [2.45, 2.75) is 90.1 Å². The van der Waals surface area contributed by atoms with Crippen LogP contribution in [0.5, 0.6) is 0 Å². The van der Waals surface area contributed by atoms with E-state index in [0.29, 0.717) is 0 Å². The molecule has 0 aliphatic heterocycles. The van der Waals surface area contributed by atoms with Gasteiger partial charge in [0.05, 0.1) is 7.11 Å². The van der Waals surface area contributed by atoms with Gasteiger partial charge in [-0.15, -0.1) is 0 Å². The minimum Gasteiger partial charge on any atom is -0.438 e. The Morgan fingerprint density at radius 3 is 2.18 bits per heavy atom. The summed E-state index contributed by atoms with van der Waals surface area (Å²) in [6, 6.07) is 0. The first-order valence-corrected chi connectivity index (χ1v) is 9.33. The second-order valence-corrected chi connectivity index (χ2v) is 7.77. The van der Waals surface area contributed by atoms with Gasteiger partial charge in [-0.1, -0.05) is 39.0 Å². The second-order valence-electron chi connectivity index (χ2n) is 7.77. The summed E-state index contributed by atoms with van der Waals surface area (Å²) < 4.78 is 10.1. The highest BCUT2D eigenvalue weighted by Gasteiger charge is 2.38. The molecule has 0 radical (unpaired) electrons. The van der Waals surface area contributed by atoms with Crippen LogP contribution in [-0.2, 0) is 9.47 Å². The molecule has 0 aromatic heterocycles. The molecule has 2 aliphatic carbocycles. The van der Waals surface area contributed by atoms with Crippen LogP contribution >= 0.6 is 0 Å². The van der Waals surface area contributed by atoms with Gasteiger partial charge in [-0.25, -0.2) is 4.79 Å². The van der Waals surface area contributed by atoms with Gasteiger partial charge in [-0.3, -0.25) is 0 Å². The van der Waals surface area contributed by atoms with E-state index in [1.165, 1.54) is 64.9 Å². The van der Waals surface area contributed by atoms with Crippen LogP contribution in [0.15, 0.2) is 0 Å². The minimum absolute atomic E-state index is 0.304. The molecule has 0 bridgehead atoms. The predicted molar refractivity (Wildman–Crippen MR) is 88.8 cm³/mol. The summed E-state index contributed by atoms with van der Waals surface area (Å²) in [6.45, 7) is 4.35. The van der Waals surface area contributed by atoms with Crippen LogP contribution in [0, 0.1) is 17.8 Å². The summed E-state index contributed by atoms with van der Waals surface area (Å²) in [5.41, 5.74) is -0.304. The van der Waals surface area contributed by atoms with Crippen LogP contribution in [0.2, 0.25) is 0 Å². The van der Waals surface area contributed by atoms with Gasteiger partial charge in [0.2, 0.25) is 0 Å². The van der Waals surface area contributed by atoms with Crippen LogP contribution in [0.3, 0.4) is 0 Å². The highest BCUT2D eigenvalue weighted by Crippen LogP contribution is 2.44. The van der Waals surface area contributed by atoms with E-state index in [1.807, 2.05) is 0 Å². The van der Waals surface area contributed by atoms with Gasteiger partial charge in [0, 0.05) is 0 Å². The molecule has 2 saturated carbocycles. The summed E-state index contributed by atoms with van der Waals surface area (Å²) in [7, 11) is 1.38. The average Bonchev–Trinajstić information content (AvgIpc) is 2.54. The third-order valence-electron chi connectivity index (χ3n) is 6.11. The Hall–Kier alpha value is -0.730. The smallest absolute Gasteiger partial charge is 0.438 e. The first kappa shape index (κ1) is 17.6. The Balaban J connectivity index is 1.72. The fourth-order valence-electron chi connectivity index (χ4n) is 4.51. The number of carbonyl (C=O) groups excluding carboxylic acids is 1. The maximum Gasteiger partial charge on any atom is 0.508 e.